The number of carbonyl (C=O) groups excluding carboxylic acids is 1. The summed E-state index contributed by atoms with van der Waals surface area (Å²) in [6.45, 7) is 3.80. The molecule has 160 valence electrons. The Kier molecular flexibility index (Phi) is 4.99. The molecule has 2 aromatic heterocycles. The number of nitrogens with one attached hydrogen (secondary N) is 1. The van der Waals surface area contributed by atoms with E-state index >= 15 is 0 Å². The normalized spacial score (nSPS) is 18.0. The molecule has 1 fully saturated rings. The summed E-state index contributed by atoms with van der Waals surface area (Å²) >= 11 is 0. The van der Waals surface area contributed by atoms with Crippen molar-refractivity contribution in [3.05, 3.63) is 41.9 Å². The van der Waals surface area contributed by atoms with Gasteiger partial charge in [0.2, 0.25) is 17.7 Å². The largest absolute Gasteiger partial charge is 0.418 e. The molecule has 1 saturated heterocycles. The third-order valence-electron chi connectivity index (χ3n) is 5.63. The zero-order chi connectivity index (χ0) is 21.4. The highest BCUT2D eigenvalue weighted by Gasteiger charge is 2.37. The molecule has 0 spiro atoms. The fourth-order valence-corrected chi connectivity index (χ4v) is 4.19. The molecule has 1 unspecified atom stereocenters. The molecule has 2 aliphatic rings. The molecule has 0 radical (unpaired) electrons. The number of aromatic nitrogens is 4. The molecule has 1 atom stereocenters. The summed E-state index contributed by atoms with van der Waals surface area (Å²) in [5.41, 5.74) is 1.92. The number of rotatable bonds is 5. The summed E-state index contributed by atoms with van der Waals surface area (Å²) in [5.74, 6) is 1.55. The van der Waals surface area contributed by atoms with Crippen molar-refractivity contribution >= 4 is 23.4 Å². The molecular weight excluding hydrogens is 398 g/mol. The van der Waals surface area contributed by atoms with Crippen molar-refractivity contribution in [1.29, 1.82) is 0 Å². The maximum absolute atomic E-state index is 13.6. The van der Waals surface area contributed by atoms with E-state index in [1.807, 2.05) is 31.2 Å². The van der Waals surface area contributed by atoms with E-state index in [0.29, 0.717) is 41.9 Å². The lowest BCUT2D eigenvalue weighted by atomic mass is 10.1. The monoisotopic (exact) mass is 421 g/mol. The highest BCUT2D eigenvalue weighted by atomic mass is 16.4. The van der Waals surface area contributed by atoms with Crippen molar-refractivity contribution in [2.75, 3.05) is 34.8 Å². The fourth-order valence-electron chi connectivity index (χ4n) is 4.19. The van der Waals surface area contributed by atoms with Crippen LogP contribution in [-0.4, -0.2) is 56.9 Å². The molecule has 2 aliphatic heterocycles. The van der Waals surface area contributed by atoms with Crippen LogP contribution < -0.4 is 15.1 Å². The molecule has 3 aromatic rings. The first-order valence-corrected chi connectivity index (χ1v) is 10.4. The zero-order valence-electron chi connectivity index (χ0n) is 17.2. The van der Waals surface area contributed by atoms with Crippen molar-refractivity contribution in [2.45, 2.75) is 32.4 Å². The molecule has 0 bridgehead atoms. The van der Waals surface area contributed by atoms with Crippen LogP contribution in [-0.2, 0) is 6.61 Å². The first-order chi connectivity index (χ1) is 15.2. The van der Waals surface area contributed by atoms with Crippen LogP contribution in [0.25, 0.3) is 11.5 Å². The van der Waals surface area contributed by atoms with Crippen LogP contribution in [0.15, 0.2) is 34.9 Å². The van der Waals surface area contributed by atoms with Gasteiger partial charge in [0.1, 0.15) is 18.0 Å². The SMILES string of the molecule is CCNc1ncc2c(n1)N1CCCC1CN(c1cccc(-c3nnc(CO)o3)c1)C2=O. The van der Waals surface area contributed by atoms with Gasteiger partial charge in [-0.2, -0.15) is 4.98 Å². The number of aliphatic hydroxyl groups is 1. The number of aliphatic hydroxyl groups excluding tert-OH is 1. The number of fused-ring (bicyclic) bond motifs is 3. The molecule has 5 rings (SSSR count). The van der Waals surface area contributed by atoms with Crippen LogP contribution in [0.1, 0.15) is 36.0 Å². The van der Waals surface area contributed by atoms with E-state index in [4.69, 9.17) is 4.42 Å². The average molecular weight is 421 g/mol. The minimum atomic E-state index is -0.319. The van der Waals surface area contributed by atoms with Gasteiger partial charge in [0, 0.05) is 43.1 Å². The molecule has 1 amide bonds. The van der Waals surface area contributed by atoms with Crippen LogP contribution in [0.2, 0.25) is 0 Å². The number of nitrogens with zero attached hydrogens (tertiary/aromatic N) is 6. The molecular formula is C21H23N7O3. The van der Waals surface area contributed by atoms with Gasteiger partial charge in [-0.25, -0.2) is 4.98 Å². The lowest BCUT2D eigenvalue weighted by molar-refractivity contribution is 0.0988. The molecule has 10 heteroatoms. The van der Waals surface area contributed by atoms with E-state index in [1.54, 1.807) is 11.1 Å². The Hall–Kier alpha value is -3.53. The summed E-state index contributed by atoms with van der Waals surface area (Å²) in [7, 11) is 0. The minimum Gasteiger partial charge on any atom is -0.418 e. The smallest absolute Gasteiger partial charge is 0.263 e. The standard InChI is InChI=1S/C21H23N7O3/c1-2-22-21-23-10-16-18(24-21)27-8-4-7-15(27)11-28(20(16)30)14-6-3-5-13(9-14)19-26-25-17(12-29)31-19/h3,5-6,9-10,15,29H,2,4,7-8,11-12H2,1H3,(H,22,23,24). The lowest BCUT2D eigenvalue weighted by Crippen LogP contribution is -2.39. The van der Waals surface area contributed by atoms with Gasteiger partial charge in [-0.3, -0.25) is 4.79 Å². The molecule has 1 aromatic carbocycles. The Bertz CT molecular complexity index is 1120. The second-order valence-corrected chi connectivity index (χ2v) is 7.58. The van der Waals surface area contributed by atoms with Crippen molar-refractivity contribution in [3.63, 3.8) is 0 Å². The van der Waals surface area contributed by atoms with Crippen LogP contribution in [0.5, 0.6) is 0 Å². The number of amides is 1. The molecule has 2 N–H and O–H groups in total. The topological polar surface area (TPSA) is 121 Å². The van der Waals surface area contributed by atoms with Gasteiger partial charge in [-0.05, 0) is 38.0 Å². The Balaban J connectivity index is 1.54. The van der Waals surface area contributed by atoms with Crippen molar-refractivity contribution in [3.8, 4) is 11.5 Å². The summed E-state index contributed by atoms with van der Waals surface area (Å²) < 4.78 is 5.46. The Morgan fingerprint density at radius 2 is 2.23 bits per heavy atom. The summed E-state index contributed by atoms with van der Waals surface area (Å²) in [5, 5.41) is 20.1. The number of carbonyl (C=O) groups is 1. The third kappa shape index (κ3) is 3.48. The van der Waals surface area contributed by atoms with Gasteiger partial charge >= 0.3 is 0 Å². The van der Waals surface area contributed by atoms with Gasteiger partial charge in [0.25, 0.3) is 5.91 Å². The van der Waals surface area contributed by atoms with Crippen LogP contribution >= 0.6 is 0 Å². The van der Waals surface area contributed by atoms with Crippen LogP contribution in [0.4, 0.5) is 17.5 Å². The first-order valence-electron chi connectivity index (χ1n) is 10.4. The average Bonchev–Trinajstić information content (AvgIpc) is 3.45. The summed E-state index contributed by atoms with van der Waals surface area (Å²) in [6.07, 6.45) is 3.66. The van der Waals surface area contributed by atoms with Gasteiger partial charge in [-0.1, -0.05) is 6.07 Å². The van der Waals surface area contributed by atoms with Crippen LogP contribution in [0.3, 0.4) is 0 Å². The van der Waals surface area contributed by atoms with E-state index in [9.17, 15) is 9.90 Å². The van der Waals surface area contributed by atoms with E-state index in [2.05, 4.69) is 30.4 Å². The van der Waals surface area contributed by atoms with E-state index in [0.717, 1.165) is 25.1 Å². The van der Waals surface area contributed by atoms with Gasteiger partial charge in [0.05, 0.1) is 0 Å². The molecule has 0 aliphatic carbocycles. The maximum atomic E-state index is 13.6. The van der Waals surface area contributed by atoms with Crippen molar-refractivity contribution in [1.82, 2.24) is 20.2 Å². The quantitative estimate of drug-likeness (QED) is 0.638. The van der Waals surface area contributed by atoms with Crippen molar-refractivity contribution in [2.24, 2.45) is 0 Å². The van der Waals surface area contributed by atoms with E-state index in [-0.39, 0.29) is 24.4 Å². The predicted octanol–water partition coefficient (Wildman–Crippen LogP) is 2.08. The summed E-state index contributed by atoms with van der Waals surface area (Å²) in [4.78, 5) is 26.6. The molecule has 10 nitrogen and oxygen atoms in total. The van der Waals surface area contributed by atoms with E-state index in [1.165, 1.54) is 0 Å². The highest BCUT2D eigenvalue weighted by Crippen LogP contribution is 2.35. The van der Waals surface area contributed by atoms with Crippen LogP contribution in [0, 0.1) is 0 Å². The maximum Gasteiger partial charge on any atom is 0.263 e. The molecule has 31 heavy (non-hydrogen) atoms. The van der Waals surface area contributed by atoms with Gasteiger partial charge < -0.3 is 24.6 Å². The number of hydrogen-bond acceptors (Lipinski definition) is 9. The minimum absolute atomic E-state index is 0.133. The second-order valence-electron chi connectivity index (χ2n) is 7.58. The number of benzene rings is 1. The fraction of sp³-hybridized carbons (Fsp3) is 0.381. The number of hydrogen-bond donors (Lipinski definition) is 2. The lowest BCUT2D eigenvalue weighted by Gasteiger charge is -2.27. The molecule has 0 saturated carbocycles. The van der Waals surface area contributed by atoms with E-state index < -0.39 is 0 Å². The predicted molar refractivity (Wildman–Crippen MR) is 114 cm³/mol. The Morgan fingerprint density at radius 3 is 3.03 bits per heavy atom. The highest BCUT2D eigenvalue weighted by molar-refractivity contribution is 6.10. The van der Waals surface area contributed by atoms with Gasteiger partial charge in [0.15, 0.2) is 0 Å². The van der Waals surface area contributed by atoms with Crippen molar-refractivity contribution < 1.29 is 14.3 Å². The van der Waals surface area contributed by atoms with Gasteiger partial charge in [-0.15, -0.1) is 10.2 Å². The first kappa shape index (κ1) is 19.4. The Morgan fingerprint density at radius 1 is 1.32 bits per heavy atom. The summed E-state index contributed by atoms with van der Waals surface area (Å²) in [6, 6.07) is 7.61. The Labute approximate surface area is 178 Å². The number of anilines is 3. The zero-order valence-corrected chi connectivity index (χ0v) is 17.2. The molecule has 4 heterocycles. The third-order valence-corrected chi connectivity index (χ3v) is 5.63. The second kappa shape index (κ2) is 7.95.